The molecule has 0 amide bonds. The smallest absolute Gasteiger partial charge is 0.191 e. The highest BCUT2D eigenvalue weighted by molar-refractivity contribution is 5.79. The number of hydrogen-bond acceptors (Lipinski definition) is 2. The molecule has 3 rings (SSSR count). The molecule has 1 saturated carbocycles. The van der Waals surface area contributed by atoms with Crippen molar-refractivity contribution < 1.29 is 4.39 Å². The van der Waals surface area contributed by atoms with E-state index in [1.165, 1.54) is 17.7 Å². The first kappa shape index (κ1) is 16.4. The van der Waals surface area contributed by atoms with Gasteiger partial charge < -0.3 is 10.6 Å². The number of aliphatic imine (C=N–C) groups is 1. The normalized spacial score (nSPS) is 15.8. The van der Waals surface area contributed by atoms with Gasteiger partial charge in [-0.1, -0.05) is 18.2 Å². The molecule has 0 bridgehead atoms. The summed E-state index contributed by atoms with van der Waals surface area (Å²) in [5.41, 5.74) is 2.37. The van der Waals surface area contributed by atoms with Gasteiger partial charge in [0, 0.05) is 43.9 Å². The van der Waals surface area contributed by atoms with Crippen LogP contribution >= 0.6 is 0 Å². The summed E-state index contributed by atoms with van der Waals surface area (Å²) >= 11 is 0. The third-order valence-corrected chi connectivity index (χ3v) is 4.53. The van der Waals surface area contributed by atoms with Crippen molar-refractivity contribution in [3.05, 3.63) is 65.7 Å². The van der Waals surface area contributed by atoms with Gasteiger partial charge in [-0.3, -0.25) is 9.98 Å². The van der Waals surface area contributed by atoms with Crippen LogP contribution in [0.3, 0.4) is 0 Å². The molecule has 1 aliphatic rings. The molecular formula is C19H23FN4. The third-order valence-electron chi connectivity index (χ3n) is 4.53. The molecule has 1 aromatic heterocycles. The number of benzene rings is 1. The van der Waals surface area contributed by atoms with Gasteiger partial charge in [0.05, 0.1) is 0 Å². The molecule has 126 valence electrons. The van der Waals surface area contributed by atoms with Gasteiger partial charge in [0.2, 0.25) is 0 Å². The summed E-state index contributed by atoms with van der Waals surface area (Å²) in [6, 6.07) is 12.8. The zero-order valence-electron chi connectivity index (χ0n) is 13.9. The minimum Gasteiger partial charge on any atom is -0.356 e. The summed E-state index contributed by atoms with van der Waals surface area (Å²) in [5.74, 6) is 0.605. The van der Waals surface area contributed by atoms with Crippen LogP contribution < -0.4 is 10.6 Å². The quantitative estimate of drug-likeness (QED) is 0.634. The lowest BCUT2D eigenvalue weighted by atomic mass is 9.96. The molecule has 0 radical (unpaired) electrons. The number of halogens is 1. The van der Waals surface area contributed by atoms with E-state index in [2.05, 4.69) is 20.6 Å². The van der Waals surface area contributed by atoms with E-state index in [0.29, 0.717) is 0 Å². The van der Waals surface area contributed by atoms with Crippen molar-refractivity contribution in [2.24, 2.45) is 4.99 Å². The molecule has 2 aromatic rings. The Hall–Kier alpha value is -2.43. The van der Waals surface area contributed by atoms with Crippen LogP contribution in [0.25, 0.3) is 0 Å². The number of hydrogen-bond donors (Lipinski definition) is 2. The monoisotopic (exact) mass is 326 g/mol. The van der Waals surface area contributed by atoms with E-state index in [-0.39, 0.29) is 11.2 Å². The first-order valence-electron chi connectivity index (χ1n) is 8.32. The third kappa shape index (κ3) is 4.10. The van der Waals surface area contributed by atoms with Crippen LogP contribution in [-0.2, 0) is 11.8 Å². The van der Waals surface area contributed by atoms with Crippen molar-refractivity contribution in [3.63, 3.8) is 0 Å². The first-order valence-corrected chi connectivity index (χ1v) is 8.32. The zero-order chi connectivity index (χ0) is 16.8. The van der Waals surface area contributed by atoms with E-state index in [1.54, 1.807) is 7.05 Å². The van der Waals surface area contributed by atoms with E-state index >= 15 is 0 Å². The fourth-order valence-corrected chi connectivity index (χ4v) is 2.85. The maximum absolute atomic E-state index is 13.1. The molecule has 0 atom stereocenters. The van der Waals surface area contributed by atoms with Gasteiger partial charge in [-0.05, 0) is 42.7 Å². The lowest BCUT2D eigenvalue weighted by Gasteiger charge is -2.19. The van der Waals surface area contributed by atoms with Gasteiger partial charge in [-0.25, -0.2) is 4.39 Å². The Balaban J connectivity index is 1.48. The van der Waals surface area contributed by atoms with Gasteiger partial charge in [-0.2, -0.15) is 0 Å². The second-order valence-corrected chi connectivity index (χ2v) is 6.21. The highest BCUT2D eigenvalue weighted by Gasteiger charge is 2.44. The Morgan fingerprint density at radius 1 is 1.17 bits per heavy atom. The van der Waals surface area contributed by atoms with Crippen LogP contribution in [0.5, 0.6) is 0 Å². The number of nitrogens with one attached hydrogen (secondary N) is 2. The van der Waals surface area contributed by atoms with Crippen molar-refractivity contribution in [2.45, 2.75) is 24.7 Å². The molecule has 2 N–H and O–H groups in total. The second-order valence-electron chi connectivity index (χ2n) is 6.21. The Morgan fingerprint density at radius 2 is 1.96 bits per heavy atom. The summed E-state index contributed by atoms with van der Waals surface area (Å²) < 4.78 is 13.1. The SMILES string of the molecule is CN=C(NCCc1ccccn1)NCC1(c2ccc(F)cc2)CC1. The molecule has 24 heavy (non-hydrogen) atoms. The first-order chi connectivity index (χ1) is 11.7. The van der Waals surface area contributed by atoms with Crippen LogP contribution in [0.15, 0.2) is 53.7 Å². The van der Waals surface area contributed by atoms with Crippen LogP contribution in [-0.4, -0.2) is 31.1 Å². The van der Waals surface area contributed by atoms with Crippen molar-refractivity contribution in [3.8, 4) is 0 Å². The van der Waals surface area contributed by atoms with E-state index in [0.717, 1.165) is 44.0 Å². The Kier molecular flexibility index (Phi) is 5.08. The highest BCUT2D eigenvalue weighted by atomic mass is 19.1. The molecule has 1 fully saturated rings. The van der Waals surface area contributed by atoms with Crippen LogP contribution in [0, 0.1) is 5.82 Å². The predicted molar refractivity (Wildman–Crippen MR) is 94.6 cm³/mol. The minimum absolute atomic E-state index is 0.117. The Bertz CT molecular complexity index is 678. The van der Waals surface area contributed by atoms with Gasteiger partial charge in [-0.15, -0.1) is 0 Å². The molecule has 0 unspecified atom stereocenters. The van der Waals surface area contributed by atoms with Gasteiger partial charge in [0.25, 0.3) is 0 Å². The van der Waals surface area contributed by atoms with Crippen LogP contribution in [0.4, 0.5) is 4.39 Å². The fourth-order valence-electron chi connectivity index (χ4n) is 2.85. The Morgan fingerprint density at radius 3 is 2.58 bits per heavy atom. The summed E-state index contributed by atoms with van der Waals surface area (Å²) in [6.45, 7) is 1.59. The maximum Gasteiger partial charge on any atom is 0.191 e. The largest absolute Gasteiger partial charge is 0.356 e. The zero-order valence-corrected chi connectivity index (χ0v) is 13.9. The van der Waals surface area contributed by atoms with Gasteiger partial charge in [0.1, 0.15) is 5.82 Å². The highest BCUT2D eigenvalue weighted by Crippen LogP contribution is 2.47. The van der Waals surface area contributed by atoms with E-state index in [4.69, 9.17) is 0 Å². The Labute approximate surface area is 142 Å². The number of nitrogens with zero attached hydrogens (tertiary/aromatic N) is 2. The fraction of sp³-hybridized carbons (Fsp3) is 0.368. The van der Waals surface area contributed by atoms with Crippen molar-refractivity contribution in [1.82, 2.24) is 15.6 Å². The lowest BCUT2D eigenvalue weighted by molar-refractivity contribution is 0.617. The summed E-state index contributed by atoms with van der Waals surface area (Å²) in [6.07, 6.45) is 4.90. The molecule has 1 aliphatic carbocycles. The van der Waals surface area contributed by atoms with Crippen molar-refractivity contribution in [1.29, 1.82) is 0 Å². The van der Waals surface area contributed by atoms with Gasteiger partial charge in [0.15, 0.2) is 5.96 Å². The number of aromatic nitrogens is 1. The number of pyridine rings is 1. The van der Waals surface area contributed by atoms with Crippen LogP contribution in [0.1, 0.15) is 24.1 Å². The van der Waals surface area contributed by atoms with E-state index in [1.807, 2.05) is 36.5 Å². The summed E-state index contributed by atoms with van der Waals surface area (Å²) in [7, 11) is 1.77. The maximum atomic E-state index is 13.1. The van der Waals surface area contributed by atoms with Gasteiger partial charge >= 0.3 is 0 Å². The number of rotatable bonds is 6. The molecule has 0 saturated heterocycles. The molecule has 0 aliphatic heterocycles. The van der Waals surface area contributed by atoms with Crippen molar-refractivity contribution in [2.75, 3.05) is 20.1 Å². The molecule has 1 heterocycles. The molecule has 4 nitrogen and oxygen atoms in total. The summed E-state index contributed by atoms with van der Waals surface area (Å²) in [4.78, 5) is 8.58. The topological polar surface area (TPSA) is 49.3 Å². The number of guanidine groups is 1. The van der Waals surface area contributed by atoms with Crippen LogP contribution in [0.2, 0.25) is 0 Å². The summed E-state index contributed by atoms with van der Waals surface area (Å²) in [5, 5.41) is 6.71. The average molecular weight is 326 g/mol. The van der Waals surface area contributed by atoms with E-state index in [9.17, 15) is 4.39 Å². The van der Waals surface area contributed by atoms with Crippen molar-refractivity contribution >= 4 is 5.96 Å². The van der Waals surface area contributed by atoms with E-state index < -0.39 is 0 Å². The lowest BCUT2D eigenvalue weighted by Crippen LogP contribution is -2.42. The molecular weight excluding hydrogens is 303 g/mol. The predicted octanol–water partition coefficient (Wildman–Crippen LogP) is 2.66. The standard InChI is InChI=1S/C19H23FN4/c1-21-18(23-13-9-17-4-2-3-12-22-17)24-14-19(10-11-19)15-5-7-16(20)8-6-15/h2-8,12H,9-11,13-14H2,1H3,(H2,21,23,24). The molecule has 1 aromatic carbocycles. The minimum atomic E-state index is -0.186. The second kappa shape index (κ2) is 7.43. The average Bonchev–Trinajstić information content (AvgIpc) is 3.40. The molecule has 0 spiro atoms. The molecule has 5 heteroatoms.